The number of hydrogen-bond acceptors (Lipinski definition) is 4. The predicted molar refractivity (Wildman–Crippen MR) is 102 cm³/mol. The van der Waals surface area contributed by atoms with Gasteiger partial charge in [0.1, 0.15) is 5.82 Å². The van der Waals surface area contributed by atoms with E-state index in [-0.39, 0.29) is 0 Å². The van der Waals surface area contributed by atoms with Crippen LogP contribution < -0.4 is 4.90 Å². The van der Waals surface area contributed by atoms with Crippen LogP contribution in [-0.2, 0) is 6.42 Å². The first-order valence-electron chi connectivity index (χ1n) is 9.13. The average Bonchev–Trinajstić information content (AvgIpc) is 3.07. The molecule has 3 heterocycles. The lowest BCUT2D eigenvalue weighted by Crippen LogP contribution is -2.45. The highest BCUT2D eigenvalue weighted by molar-refractivity contribution is 5.78. The topological polar surface area (TPSA) is 36.7 Å². The summed E-state index contributed by atoms with van der Waals surface area (Å²) in [6, 6.07) is 12.7. The molecule has 1 aliphatic rings. The lowest BCUT2D eigenvalue weighted by Gasteiger charge is -2.34. The monoisotopic (exact) mass is 335 g/mol. The highest BCUT2D eigenvalue weighted by atomic mass is 15.4. The van der Waals surface area contributed by atoms with Crippen molar-refractivity contribution in [2.45, 2.75) is 19.8 Å². The molecule has 2 aromatic heterocycles. The average molecular weight is 335 g/mol. The molecule has 130 valence electrons. The molecule has 0 aliphatic carbocycles. The van der Waals surface area contributed by atoms with Gasteiger partial charge in [0.15, 0.2) is 5.65 Å². The van der Waals surface area contributed by atoms with E-state index in [1.807, 2.05) is 16.8 Å². The summed E-state index contributed by atoms with van der Waals surface area (Å²) < 4.78 is 2.02. The lowest BCUT2D eigenvalue weighted by atomic mass is 10.1. The fourth-order valence-electron chi connectivity index (χ4n) is 3.46. The standard InChI is InChI=1S/C20H25N5/c1-3-7-17-14-19(24-12-10-23(2)11-13-24)25-20(22-17)18(15-21-25)16-8-5-4-6-9-16/h4-6,8-9,14-15H,3,7,10-13H2,1-2H3. The molecule has 0 amide bonds. The third-order valence-corrected chi connectivity index (χ3v) is 4.92. The molecule has 1 fully saturated rings. The number of aryl methyl sites for hydroxylation is 1. The number of anilines is 1. The molecule has 4 rings (SSSR count). The maximum Gasteiger partial charge on any atom is 0.165 e. The van der Waals surface area contributed by atoms with Crippen molar-refractivity contribution in [1.82, 2.24) is 19.5 Å². The molecule has 0 saturated carbocycles. The molecule has 0 spiro atoms. The molecule has 5 heteroatoms. The number of piperazine rings is 1. The summed E-state index contributed by atoms with van der Waals surface area (Å²) in [5, 5.41) is 4.69. The summed E-state index contributed by atoms with van der Waals surface area (Å²) in [5.41, 5.74) is 4.39. The summed E-state index contributed by atoms with van der Waals surface area (Å²) in [4.78, 5) is 9.75. The Kier molecular flexibility index (Phi) is 4.40. The molecule has 5 nitrogen and oxygen atoms in total. The SMILES string of the molecule is CCCc1cc(N2CCN(C)CC2)n2ncc(-c3ccccc3)c2n1. The minimum atomic E-state index is 0.964. The quantitative estimate of drug-likeness (QED) is 0.734. The van der Waals surface area contributed by atoms with Crippen LogP contribution in [0.4, 0.5) is 5.82 Å². The van der Waals surface area contributed by atoms with Gasteiger partial charge in [0, 0.05) is 43.5 Å². The zero-order valence-corrected chi connectivity index (χ0v) is 15.0. The first kappa shape index (κ1) is 16.1. The molecule has 1 saturated heterocycles. The van der Waals surface area contributed by atoms with E-state index in [1.165, 1.54) is 11.4 Å². The maximum atomic E-state index is 4.94. The van der Waals surface area contributed by atoms with E-state index in [4.69, 9.17) is 4.98 Å². The zero-order valence-electron chi connectivity index (χ0n) is 15.0. The van der Waals surface area contributed by atoms with Crippen LogP contribution in [0, 0.1) is 0 Å². The number of rotatable bonds is 4. The van der Waals surface area contributed by atoms with E-state index in [2.05, 4.69) is 59.2 Å². The summed E-state index contributed by atoms with van der Waals surface area (Å²) in [7, 11) is 2.18. The van der Waals surface area contributed by atoms with Gasteiger partial charge in [-0.25, -0.2) is 4.98 Å². The molecule has 0 N–H and O–H groups in total. The van der Waals surface area contributed by atoms with Gasteiger partial charge in [0.2, 0.25) is 0 Å². The fraction of sp³-hybridized carbons (Fsp3) is 0.400. The van der Waals surface area contributed by atoms with Crippen molar-refractivity contribution in [2.24, 2.45) is 0 Å². The van der Waals surface area contributed by atoms with Gasteiger partial charge in [-0.3, -0.25) is 0 Å². The Morgan fingerprint density at radius 3 is 2.52 bits per heavy atom. The summed E-state index contributed by atoms with van der Waals surface area (Å²) >= 11 is 0. The minimum Gasteiger partial charge on any atom is -0.354 e. The van der Waals surface area contributed by atoms with Crippen molar-refractivity contribution in [3.05, 3.63) is 48.3 Å². The van der Waals surface area contributed by atoms with Crippen molar-refractivity contribution in [2.75, 3.05) is 38.1 Å². The first-order valence-corrected chi connectivity index (χ1v) is 9.13. The Hall–Kier alpha value is -2.40. The number of nitrogens with zero attached hydrogens (tertiary/aromatic N) is 5. The number of hydrogen-bond donors (Lipinski definition) is 0. The Labute approximate surface area is 148 Å². The van der Waals surface area contributed by atoms with E-state index < -0.39 is 0 Å². The Bertz CT molecular complexity index is 847. The van der Waals surface area contributed by atoms with Gasteiger partial charge in [-0.2, -0.15) is 9.61 Å². The van der Waals surface area contributed by atoms with Crippen molar-refractivity contribution in [3.8, 4) is 11.1 Å². The summed E-state index contributed by atoms with van der Waals surface area (Å²) in [6.07, 6.45) is 4.05. The maximum absolute atomic E-state index is 4.94. The molecule has 3 aromatic rings. The molecule has 0 bridgehead atoms. The lowest BCUT2D eigenvalue weighted by molar-refractivity contribution is 0.311. The van der Waals surface area contributed by atoms with Crippen LogP contribution >= 0.6 is 0 Å². The van der Waals surface area contributed by atoms with Crippen molar-refractivity contribution in [3.63, 3.8) is 0 Å². The summed E-state index contributed by atoms with van der Waals surface area (Å²) in [5.74, 6) is 1.17. The Balaban J connectivity index is 1.83. The third-order valence-electron chi connectivity index (χ3n) is 4.92. The number of aromatic nitrogens is 3. The van der Waals surface area contributed by atoms with Crippen molar-refractivity contribution < 1.29 is 0 Å². The molecule has 0 unspecified atom stereocenters. The van der Waals surface area contributed by atoms with E-state index in [0.29, 0.717) is 0 Å². The van der Waals surface area contributed by atoms with Crippen LogP contribution in [0.5, 0.6) is 0 Å². The van der Waals surface area contributed by atoms with Crippen LogP contribution in [0.15, 0.2) is 42.6 Å². The van der Waals surface area contributed by atoms with Crippen LogP contribution in [0.2, 0.25) is 0 Å². The van der Waals surface area contributed by atoms with E-state index >= 15 is 0 Å². The molecular weight excluding hydrogens is 310 g/mol. The molecular formula is C20H25N5. The highest BCUT2D eigenvalue weighted by Gasteiger charge is 2.20. The molecule has 1 aliphatic heterocycles. The van der Waals surface area contributed by atoms with Crippen LogP contribution in [-0.4, -0.2) is 52.7 Å². The number of fused-ring (bicyclic) bond motifs is 1. The smallest absolute Gasteiger partial charge is 0.165 e. The van der Waals surface area contributed by atoms with Crippen LogP contribution in [0.3, 0.4) is 0 Å². The normalized spacial score (nSPS) is 15.8. The second-order valence-electron chi connectivity index (χ2n) is 6.81. The van der Waals surface area contributed by atoms with Gasteiger partial charge in [-0.15, -0.1) is 0 Å². The van der Waals surface area contributed by atoms with Gasteiger partial charge in [-0.05, 0) is 19.0 Å². The Morgan fingerprint density at radius 1 is 1.04 bits per heavy atom. The zero-order chi connectivity index (χ0) is 17.2. The van der Waals surface area contributed by atoms with Crippen molar-refractivity contribution >= 4 is 11.5 Å². The van der Waals surface area contributed by atoms with E-state index in [0.717, 1.165) is 55.9 Å². The largest absolute Gasteiger partial charge is 0.354 e. The van der Waals surface area contributed by atoms with Crippen LogP contribution in [0.1, 0.15) is 19.0 Å². The second-order valence-corrected chi connectivity index (χ2v) is 6.81. The van der Waals surface area contributed by atoms with Crippen molar-refractivity contribution in [1.29, 1.82) is 0 Å². The molecule has 25 heavy (non-hydrogen) atoms. The number of benzene rings is 1. The number of likely N-dealkylation sites (N-methyl/N-ethyl adjacent to an activating group) is 1. The Morgan fingerprint density at radius 2 is 1.80 bits per heavy atom. The predicted octanol–water partition coefficient (Wildman–Crippen LogP) is 3.10. The minimum absolute atomic E-state index is 0.964. The summed E-state index contributed by atoms with van der Waals surface area (Å²) in [6.45, 7) is 6.43. The van der Waals surface area contributed by atoms with Gasteiger partial charge in [0.05, 0.1) is 6.20 Å². The first-order chi connectivity index (χ1) is 12.3. The fourth-order valence-corrected chi connectivity index (χ4v) is 3.46. The van der Waals surface area contributed by atoms with Gasteiger partial charge in [0.25, 0.3) is 0 Å². The molecule has 0 radical (unpaired) electrons. The van der Waals surface area contributed by atoms with Gasteiger partial charge >= 0.3 is 0 Å². The second kappa shape index (κ2) is 6.84. The molecule has 1 aromatic carbocycles. The van der Waals surface area contributed by atoms with E-state index in [9.17, 15) is 0 Å². The van der Waals surface area contributed by atoms with Gasteiger partial charge < -0.3 is 9.80 Å². The third kappa shape index (κ3) is 3.12. The van der Waals surface area contributed by atoms with Crippen LogP contribution in [0.25, 0.3) is 16.8 Å². The van der Waals surface area contributed by atoms with E-state index in [1.54, 1.807) is 0 Å². The molecule has 0 atom stereocenters. The highest BCUT2D eigenvalue weighted by Crippen LogP contribution is 2.27. The van der Waals surface area contributed by atoms with Gasteiger partial charge in [-0.1, -0.05) is 43.7 Å².